The molecule has 1 rings (SSSR count). The van der Waals surface area contributed by atoms with Crippen LogP contribution in [0.3, 0.4) is 0 Å². The van der Waals surface area contributed by atoms with Gasteiger partial charge in [-0.15, -0.1) is 0 Å². The topological polar surface area (TPSA) is 70.2 Å². The van der Waals surface area contributed by atoms with Gasteiger partial charge in [-0.2, -0.15) is 0 Å². The molecule has 2 N–H and O–H groups in total. The lowest BCUT2D eigenvalue weighted by molar-refractivity contribution is 0.0691. The van der Waals surface area contributed by atoms with Crippen molar-refractivity contribution in [3.63, 3.8) is 0 Å². The van der Waals surface area contributed by atoms with Crippen LogP contribution >= 0.6 is 0 Å². The van der Waals surface area contributed by atoms with E-state index in [9.17, 15) is 9.59 Å². The van der Waals surface area contributed by atoms with Gasteiger partial charge < -0.3 is 10.1 Å². The number of hydrogen-bond donors (Lipinski definition) is 2. The maximum Gasteiger partial charge on any atom is 0.352 e. The van der Waals surface area contributed by atoms with Gasteiger partial charge in [0.1, 0.15) is 5.69 Å². The molecule has 4 heteroatoms. The monoisotopic (exact) mass is 195 g/mol. The average molecular weight is 195 g/mol. The summed E-state index contributed by atoms with van der Waals surface area (Å²) in [6, 6.07) is 1.38. The van der Waals surface area contributed by atoms with Crippen LogP contribution in [-0.4, -0.2) is 21.8 Å². The first kappa shape index (κ1) is 10.5. The van der Waals surface area contributed by atoms with Gasteiger partial charge in [-0.05, 0) is 12.5 Å². The van der Waals surface area contributed by atoms with Crippen molar-refractivity contribution in [2.24, 2.45) is 0 Å². The number of unbranched alkanes of at least 4 members (excludes halogenated alkanes) is 1. The van der Waals surface area contributed by atoms with Gasteiger partial charge in [0.2, 0.25) is 0 Å². The van der Waals surface area contributed by atoms with Crippen LogP contribution in [0.25, 0.3) is 0 Å². The third kappa shape index (κ3) is 2.45. The lowest BCUT2D eigenvalue weighted by atomic mass is 10.1. The standard InChI is InChI=1S/C10H13NO3/c1-2-3-4-9(12)7-5-8(10(13)14)11-6-7/h5-6,11H,2-4H2,1H3,(H,13,14). The van der Waals surface area contributed by atoms with E-state index in [0.717, 1.165) is 12.8 Å². The summed E-state index contributed by atoms with van der Waals surface area (Å²) in [4.78, 5) is 24.5. The SMILES string of the molecule is CCCCC(=O)c1c[nH]c(C(=O)O)c1. The summed E-state index contributed by atoms with van der Waals surface area (Å²) in [5.74, 6) is -1.05. The first-order valence-electron chi connectivity index (χ1n) is 4.60. The Hall–Kier alpha value is -1.58. The summed E-state index contributed by atoms with van der Waals surface area (Å²) in [5.41, 5.74) is 0.515. The van der Waals surface area contributed by atoms with Gasteiger partial charge in [-0.25, -0.2) is 4.79 Å². The fraction of sp³-hybridized carbons (Fsp3) is 0.400. The van der Waals surface area contributed by atoms with Gasteiger partial charge in [-0.1, -0.05) is 13.3 Å². The highest BCUT2D eigenvalue weighted by atomic mass is 16.4. The number of carbonyl (C=O) groups is 2. The number of aromatic nitrogens is 1. The average Bonchev–Trinajstić information content (AvgIpc) is 2.62. The van der Waals surface area contributed by atoms with E-state index in [-0.39, 0.29) is 11.5 Å². The van der Waals surface area contributed by atoms with Crippen LogP contribution < -0.4 is 0 Å². The number of aromatic amines is 1. The molecule has 0 saturated carbocycles. The number of aromatic carboxylic acids is 1. The van der Waals surface area contributed by atoms with Crippen LogP contribution in [0.2, 0.25) is 0 Å². The minimum absolute atomic E-state index is 0.00407. The highest BCUT2D eigenvalue weighted by Crippen LogP contribution is 2.08. The predicted molar refractivity (Wildman–Crippen MR) is 51.6 cm³/mol. The van der Waals surface area contributed by atoms with E-state index >= 15 is 0 Å². The van der Waals surface area contributed by atoms with Crippen LogP contribution in [0, 0.1) is 0 Å². The molecule has 0 bridgehead atoms. The maximum absolute atomic E-state index is 11.4. The molecule has 1 aromatic rings. The number of hydrogen-bond acceptors (Lipinski definition) is 2. The molecule has 14 heavy (non-hydrogen) atoms. The largest absolute Gasteiger partial charge is 0.477 e. The Balaban J connectivity index is 2.66. The second-order valence-corrected chi connectivity index (χ2v) is 3.13. The van der Waals surface area contributed by atoms with Crippen molar-refractivity contribution in [3.8, 4) is 0 Å². The number of carboxylic acid groups (broad SMARTS) is 1. The second kappa shape index (κ2) is 4.60. The zero-order chi connectivity index (χ0) is 10.6. The van der Waals surface area contributed by atoms with E-state index in [1.807, 2.05) is 6.92 Å². The Morgan fingerprint density at radius 1 is 1.50 bits per heavy atom. The third-order valence-corrected chi connectivity index (χ3v) is 1.99. The molecule has 0 spiro atoms. The van der Waals surface area contributed by atoms with Gasteiger partial charge in [-0.3, -0.25) is 4.79 Å². The molecular weight excluding hydrogens is 182 g/mol. The number of nitrogens with one attached hydrogen (secondary N) is 1. The van der Waals surface area contributed by atoms with E-state index in [4.69, 9.17) is 5.11 Å². The van der Waals surface area contributed by atoms with Crippen LogP contribution in [0.15, 0.2) is 12.3 Å². The molecule has 0 fully saturated rings. The van der Waals surface area contributed by atoms with Gasteiger partial charge >= 0.3 is 5.97 Å². The summed E-state index contributed by atoms with van der Waals surface area (Å²) >= 11 is 0. The van der Waals surface area contributed by atoms with Gasteiger partial charge in [0, 0.05) is 18.2 Å². The third-order valence-electron chi connectivity index (χ3n) is 1.99. The molecule has 0 unspecified atom stereocenters. The molecule has 0 amide bonds. The van der Waals surface area contributed by atoms with Gasteiger partial charge in [0.05, 0.1) is 0 Å². The van der Waals surface area contributed by atoms with Crippen molar-refractivity contribution in [2.45, 2.75) is 26.2 Å². The Morgan fingerprint density at radius 2 is 2.21 bits per heavy atom. The van der Waals surface area contributed by atoms with Crippen molar-refractivity contribution < 1.29 is 14.7 Å². The highest BCUT2D eigenvalue weighted by molar-refractivity contribution is 5.98. The molecule has 76 valence electrons. The number of carbonyl (C=O) groups excluding carboxylic acids is 1. The van der Waals surface area contributed by atoms with Crippen molar-refractivity contribution >= 4 is 11.8 Å². The van der Waals surface area contributed by atoms with Gasteiger partial charge in [0.25, 0.3) is 0 Å². The first-order valence-corrected chi connectivity index (χ1v) is 4.60. The Morgan fingerprint density at radius 3 is 2.71 bits per heavy atom. The highest BCUT2D eigenvalue weighted by Gasteiger charge is 2.10. The zero-order valence-corrected chi connectivity index (χ0v) is 8.04. The molecule has 0 atom stereocenters. The lowest BCUT2D eigenvalue weighted by Crippen LogP contribution is -1.97. The smallest absolute Gasteiger partial charge is 0.352 e. The second-order valence-electron chi connectivity index (χ2n) is 3.13. The predicted octanol–water partition coefficient (Wildman–Crippen LogP) is 2.09. The molecule has 0 radical (unpaired) electrons. The minimum atomic E-state index is -1.04. The molecule has 4 nitrogen and oxygen atoms in total. The molecule has 0 saturated heterocycles. The molecule has 0 aromatic carbocycles. The van der Waals surface area contributed by atoms with Crippen molar-refractivity contribution in [3.05, 3.63) is 23.5 Å². The van der Waals surface area contributed by atoms with Crippen LogP contribution in [0.1, 0.15) is 47.0 Å². The van der Waals surface area contributed by atoms with Crippen LogP contribution in [-0.2, 0) is 0 Å². The fourth-order valence-electron chi connectivity index (χ4n) is 1.16. The van der Waals surface area contributed by atoms with Crippen molar-refractivity contribution in [1.29, 1.82) is 0 Å². The maximum atomic E-state index is 11.4. The molecule has 0 aliphatic carbocycles. The Bertz CT molecular complexity index is 341. The normalized spacial score (nSPS) is 10.1. The van der Waals surface area contributed by atoms with Crippen molar-refractivity contribution in [1.82, 2.24) is 4.98 Å². The number of rotatable bonds is 5. The van der Waals surface area contributed by atoms with E-state index in [0.29, 0.717) is 12.0 Å². The number of ketones is 1. The summed E-state index contributed by atoms with van der Waals surface area (Å²) in [7, 11) is 0. The summed E-state index contributed by atoms with van der Waals surface area (Å²) in [6.07, 6.45) is 3.73. The molecule has 1 heterocycles. The van der Waals surface area contributed by atoms with E-state index < -0.39 is 5.97 Å². The van der Waals surface area contributed by atoms with Crippen LogP contribution in [0.4, 0.5) is 0 Å². The molecule has 0 aliphatic rings. The number of carboxylic acids is 1. The fourth-order valence-corrected chi connectivity index (χ4v) is 1.16. The van der Waals surface area contributed by atoms with E-state index in [2.05, 4.69) is 4.98 Å². The summed E-state index contributed by atoms with van der Waals surface area (Å²) < 4.78 is 0. The minimum Gasteiger partial charge on any atom is -0.477 e. The van der Waals surface area contributed by atoms with Gasteiger partial charge in [0.15, 0.2) is 5.78 Å². The van der Waals surface area contributed by atoms with Crippen LogP contribution in [0.5, 0.6) is 0 Å². The Kier molecular flexibility index (Phi) is 3.45. The van der Waals surface area contributed by atoms with Crippen molar-refractivity contribution in [2.75, 3.05) is 0 Å². The molecule has 1 aromatic heterocycles. The quantitative estimate of drug-likeness (QED) is 0.706. The first-order chi connectivity index (χ1) is 6.65. The summed E-state index contributed by atoms with van der Waals surface area (Å²) in [5, 5.41) is 8.61. The number of Topliss-reactive ketones (excluding diaryl/α,β-unsaturated/α-hetero) is 1. The van der Waals surface area contributed by atoms with E-state index in [1.54, 1.807) is 0 Å². The van der Waals surface area contributed by atoms with E-state index in [1.165, 1.54) is 12.3 Å². The molecule has 0 aliphatic heterocycles. The lowest BCUT2D eigenvalue weighted by Gasteiger charge is -1.94. The number of H-pyrrole nitrogens is 1. The zero-order valence-electron chi connectivity index (χ0n) is 8.04. The summed E-state index contributed by atoms with van der Waals surface area (Å²) in [6.45, 7) is 2.01. The molecular formula is C10H13NO3. The Labute approximate surface area is 81.9 Å².